The molecule has 0 heterocycles. The number of para-hydroxylation sites is 1. The van der Waals surface area contributed by atoms with Crippen molar-refractivity contribution in [1.29, 1.82) is 0 Å². The van der Waals surface area contributed by atoms with Gasteiger partial charge in [-0.25, -0.2) is 0 Å². The van der Waals surface area contributed by atoms with E-state index in [2.05, 4.69) is 10.5 Å². The molecule has 0 unspecified atom stereocenters. The molecule has 2 aromatic carbocycles. The molecule has 0 spiro atoms. The third-order valence-corrected chi connectivity index (χ3v) is 3.46. The lowest BCUT2D eigenvalue weighted by molar-refractivity contribution is 0.414. The van der Waals surface area contributed by atoms with Crippen LogP contribution in [0.1, 0.15) is 11.1 Å². The maximum absolute atomic E-state index is 6.08. The third-order valence-electron chi connectivity index (χ3n) is 2.75. The number of rotatable bonds is 5. The van der Waals surface area contributed by atoms with Crippen LogP contribution in [0.2, 0.25) is 10.0 Å². The average molecular weight is 309 g/mol. The SMILES string of the molecule is COc1ccccc1/C=N\NCc1c(Cl)cccc1Cl. The summed E-state index contributed by atoms with van der Waals surface area (Å²) in [5, 5.41) is 5.40. The van der Waals surface area contributed by atoms with Crippen LogP contribution in [0.3, 0.4) is 0 Å². The highest BCUT2D eigenvalue weighted by molar-refractivity contribution is 6.35. The zero-order valence-corrected chi connectivity index (χ0v) is 12.4. The first-order chi connectivity index (χ1) is 9.72. The van der Waals surface area contributed by atoms with Crippen LogP contribution in [-0.4, -0.2) is 13.3 Å². The summed E-state index contributed by atoms with van der Waals surface area (Å²) in [4.78, 5) is 0. The quantitative estimate of drug-likeness (QED) is 0.665. The molecule has 0 saturated carbocycles. The van der Waals surface area contributed by atoms with E-state index in [4.69, 9.17) is 27.9 Å². The Morgan fingerprint density at radius 3 is 2.50 bits per heavy atom. The summed E-state index contributed by atoms with van der Waals surface area (Å²) in [6, 6.07) is 13.1. The van der Waals surface area contributed by atoms with E-state index in [0.717, 1.165) is 16.9 Å². The number of nitrogens with zero attached hydrogens (tertiary/aromatic N) is 1. The molecule has 1 N–H and O–H groups in total. The molecule has 5 heteroatoms. The minimum atomic E-state index is 0.462. The molecule has 0 aliphatic carbocycles. The van der Waals surface area contributed by atoms with Crippen molar-refractivity contribution in [3.63, 3.8) is 0 Å². The van der Waals surface area contributed by atoms with E-state index in [1.165, 1.54) is 0 Å². The van der Waals surface area contributed by atoms with E-state index in [-0.39, 0.29) is 0 Å². The van der Waals surface area contributed by atoms with Gasteiger partial charge in [0.05, 0.1) is 19.9 Å². The molecule has 0 aliphatic heterocycles. The van der Waals surface area contributed by atoms with Gasteiger partial charge in [0.15, 0.2) is 0 Å². The Morgan fingerprint density at radius 1 is 1.10 bits per heavy atom. The minimum absolute atomic E-state index is 0.462. The molecule has 0 atom stereocenters. The van der Waals surface area contributed by atoms with Gasteiger partial charge in [0.1, 0.15) is 5.75 Å². The largest absolute Gasteiger partial charge is 0.496 e. The first-order valence-electron chi connectivity index (χ1n) is 6.04. The fourth-order valence-corrected chi connectivity index (χ4v) is 2.25. The van der Waals surface area contributed by atoms with Crippen molar-refractivity contribution < 1.29 is 4.74 Å². The molecule has 2 rings (SSSR count). The van der Waals surface area contributed by atoms with Crippen LogP contribution >= 0.6 is 23.2 Å². The fourth-order valence-electron chi connectivity index (χ4n) is 1.71. The van der Waals surface area contributed by atoms with Crippen molar-refractivity contribution in [3.8, 4) is 5.75 Å². The summed E-state index contributed by atoms with van der Waals surface area (Å²) < 4.78 is 5.24. The molecule has 0 aromatic heterocycles. The number of hydrogen-bond acceptors (Lipinski definition) is 3. The van der Waals surface area contributed by atoms with Crippen molar-refractivity contribution >= 4 is 29.4 Å². The molecule has 0 bridgehead atoms. The molecule has 0 fully saturated rings. The Kier molecular flexibility index (Phi) is 5.27. The average Bonchev–Trinajstić information content (AvgIpc) is 2.46. The molecular weight excluding hydrogens is 295 g/mol. The Labute approximate surface area is 128 Å². The molecular formula is C15H14Cl2N2O. The summed E-state index contributed by atoms with van der Waals surface area (Å²) >= 11 is 12.2. The summed E-state index contributed by atoms with van der Waals surface area (Å²) in [6.45, 7) is 0.462. The highest BCUT2D eigenvalue weighted by Crippen LogP contribution is 2.23. The van der Waals surface area contributed by atoms with Gasteiger partial charge >= 0.3 is 0 Å². The Morgan fingerprint density at radius 2 is 1.80 bits per heavy atom. The Bertz CT molecular complexity index is 594. The van der Waals surface area contributed by atoms with Gasteiger partial charge in [-0.15, -0.1) is 0 Å². The normalized spacial score (nSPS) is 10.8. The van der Waals surface area contributed by atoms with Gasteiger partial charge in [0.2, 0.25) is 0 Å². The standard InChI is InChI=1S/C15H14Cl2N2O/c1-20-15-8-3-2-5-11(15)9-18-19-10-12-13(16)6-4-7-14(12)17/h2-9,19H,10H2,1H3/b18-9-. The van der Waals surface area contributed by atoms with Gasteiger partial charge in [0, 0.05) is 21.2 Å². The lowest BCUT2D eigenvalue weighted by Gasteiger charge is -2.06. The fraction of sp³-hybridized carbons (Fsp3) is 0.133. The summed E-state index contributed by atoms with van der Waals surface area (Å²) in [6.07, 6.45) is 1.70. The second kappa shape index (κ2) is 7.17. The lowest BCUT2D eigenvalue weighted by atomic mass is 10.2. The number of benzene rings is 2. The first-order valence-corrected chi connectivity index (χ1v) is 6.80. The van der Waals surface area contributed by atoms with Crippen LogP contribution in [0.15, 0.2) is 47.6 Å². The molecule has 3 nitrogen and oxygen atoms in total. The van der Waals surface area contributed by atoms with Crippen LogP contribution in [0.5, 0.6) is 5.75 Å². The van der Waals surface area contributed by atoms with E-state index < -0.39 is 0 Å². The number of halogens is 2. The van der Waals surface area contributed by atoms with Gasteiger partial charge in [0.25, 0.3) is 0 Å². The Balaban J connectivity index is 2.01. The lowest BCUT2D eigenvalue weighted by Crippen LogP contribution is -2.07. The first kappa shape index (κ1) is 14.7. The van der Waals surface area contributed by atoms with Crippen molar-refractivity contribution in [2.45, 2.75) is 6.54 Å². The van der Waals surface area contributed by atoms with Crippen LogP contribution in [0.4, 0.5) is 0 Å². The van der Waals surface area contributed by atoms with Gasteiger partial charge in [-0.2, -0.15) is 5.10 Å². The number of hydrazone groups is 1. The number of ether oxygens (including phenoxy) is 1. The Hall–Kier alpha value is -1.71. The van der Waals surface area contributed by atoms with Gasteiger partial charge < -0.3 is 10.2 Å². The maximum atomic E-state index is 6.08. The predicted octanol–water partition coefficient (Wildman–Crippen LogP) is 4.13. The maximum Gasteiger partial charge on any atom is 0.127 e. The van der Waals surface area contributed by atoms with Gasteiger partial charge in [-0.05, 0) is 24.3 Å². The third kappa shape index (κ3) is 3.65. The monoisotopic (exact) mass is 308 g/mol. The molecule has 0 saturated heterocycles. The molecule has 20 heavy (non-hydrogen) atoms. The number of methoxy groups -OCH3 is 1. The minimum Gasteiger partial charge on any atom is -0.496 e. The van der Waals surface area contributed by atoms with E-state index in [9.17, 15) is 0 Å². The smallest absolute Gasteiger partial charge is 0.127 e. The number of nitrogens with one attached hydrogen (secondary N) is 1. The zero-order valence-electron chi connectivity index (χ0n) is 10.9. The van der Waals surface area contributed by atoms with E-state index in [0.29, 0.717) is 16.6 Å². The molecule has 0 aliphatic rings. The molecule has 0 radical (unpaired) electrons. The van der Waals surface area contributed by atoms with Crippen molar-refractivity contribution in [2.24, 2.45) is 5.10 Å². The second-order valence-corrected chi connectivity index (χ2v) is 4.85. The van der Waals surface area contributed by atoms with Gasteiger partial charge in [-0.1, -0.05) is 41.4 Å². The highest BCUT2D eigenvalue weighted by atomic mass is 35.5. The van der Waals surface area contributed by atoms with Crippen LogP contribution in [-0.2, 0) is 6.54 Å². The van der Waals surface area contributed by atoms with E-state index in [1.54, 1.807) is 25.5 Å². The summed E-state index contributed by atoms with van der Waals surface area (Å²) in [7, 11) is 1.63. The molecule has 104 valence electrons. The van der Waals surface area contributed by atoms with Crippen LogP contribution in [0.25, 0.3) is 0 Å². The van der Waals surface area contributed by atoms with E-state index >= 15 is 0 Å². The van der Waals surface area contributed by atoms with Gasteiger partial charge in [-0.3, -0.25) is 0 Å². The van der Waals surface area contributed by atoms with Crippen molar-refractivity contribution in [3.05, 3.63) is 63.6 Å². The van der Waals surface area contributed by atoms with Crippen LogP contribution < -0.4 is 10.2 Å². The number of hydrogen-bond donors (Lipinski definition) is 1. The predicted molar refractivity (Wildman–Crippen MR) is 83.9 cm³/mol. The van der Waals surface area contributed by atoms with E-state index in [1.807, 2.05) is 30.3 Å². The zero-order chi connectivity index (χ0) is 14.4. The summed E-state index contributed by atoms with van der Waals surface area (Å²) in [5.41, 5.74) is 4.65. The van der Waals surface area contributed by atoms with Crippen molar-refractivity contribution in [1.82, 2.24) is 5.43 Å². The second-order valence-electron chi connectivity index (χ2n) is 4.04. The molecule has 2 aromatic rings. The van der Waals surface area contributed by atoms with Crippen LogP contribution in [0, 0.1) is 0 Å². The topological polar surface area (TPSA) is 33.6 Å². The van der Waals surface area contributed by atoms with Crippen molar-refractivity contribution in [2.75, 3.05) is 7.11 Å². The molecule has 0 amide bonds. The highest BCUT2D eigenvalue weighted by Gasteiger charge is 2.03. The summed E-state index contributed by atoms with van der Waals surface area (Å²) in [5.74, 6) is 0.772.